The Balaban J connectivity index is 2.11. The van der Waals surface area contributed by atoms with E-state index in [1.807, 2.05) is 6.92 Å². The number of rotatable bonds is 3. The van der Waals surface area contributed by atoms with Gasteiger partial charge in [-0.1, -0.05) is 13.0 Å². The molecule has 2 atom stereocenters. The van der Waals surface area contributed by atoms with Gasteiger partial charge in [0.05, 0.1) is 11.7 Å². The third-order valence-corrected chi connectivity index (χ3v) is 3.81. The predicted octanol–water partition coefficient (Wildman–Crippen LogP) is 3.00. The molecule has 1 N–H and O–H groups in total. The molecule has 1 aromatic carbocycles. The molecule has 100 valence electrons. The van der Waals surface area contributed by atoms with Crippen LogP contribution < -0.4 is 0 Å². The molecule has 0 aliphatic carbocycles. The van der Waals surface area contributed by atoms with E-state index in [4.69, 9.17) is 4.74 Å². The lowest BCUT2D eigenvalue weighted by Gasteiger charge is -2.37. The number of aliphatic hydroxyl groups is 1. The van der Waals surface area contributed by atoms with Gasteiger partial charge < -0.3 is 9.84 Å². The van der Waals surface area contributed by atoms with E-state index in [0.29, 0.717) is 25.9 Å². The van der Waals surface area contributed by atoms with Crippen LogP contribution in [-0.4, -0.2) is 23.4 Å². The fourth-order valence-corrected chi connectivity index (χ4v) is 2.64. The average Bonchev–Trinajstić information content (AvgIpc) is 2.33. The Morgan fingerprint density at radius 1 is 1.50 bits per heavy atom. The van der Waals surface area contributed by atoms with Gasteiger partial charge in [0, 0.05) is 19.4 Å². The number of ether oxygens (including phenoxy) is 1. The first-order valence-corrected chi connectivity index (χ1v) is 6.61. The summed E-state index contributed by atoms with van der Waals surface area (Å²) in [5.74, 6) is -0.221. The summed E-state index contributed by atoms with van der Waals surface area (Å²) in [6.45, 7) is 4.56. The van der Waals surface area contributed by atoms with Gasteiger partial charge in [0.1, 0.15) is 5.82 Å². The first kappa shape index (κ1) is 13.5. The van der Waals surface area contributed by atoms with Crippen LogP contribution in [0.1, 0.15) is 37.3 Å². The van der Waals surface area contributed by atoms with E-state index >= 15 is 0 Å². The van der Waals surface area contributed by atoms with Gasteiger partial charge in [0.2, 0.25) is 0 Å². The molecular formula is C15H21FO2. The van der Waals surface area contributed by atoms with Crippen molar-refractivity contribution < 1.29 is 14.2 Å². The SMILES string of the molecule is CCC1CC(O)(Cc2ccc(F)cc2C)CCO1. The maximum absolute atomic E-state index is 13.1. The molecule has 0 amide bonds. The molecular weight excluding hydrogens is 231 g/mol. The van der Waals surface area contributed by atoms with Crippen LogP contribution in [0.25, 0.3) is 0 Å². The Morgan fingerprint density at radius 3 is 2.94 bits per heavy atom. The Hall–Kier alpha value is -0.930. The van der Waals surface area contributed by atoms with Gasteiger partial charge in [0.15, 0.2) is 0 Å². The van der Waals surface area contributed by atoms with Crippen LogP contribution in [-0.2, 0) is 11.2 Å². The van der Waals surface area contributed by atoms with Crippen LogP contribution >= 0.6 is 0 Å². The van der Waals surface area contributed by atoms with E-state index < -0.39 is 5.60 Å². The lowest BCUT2D eigenvalue weighted by Crippen LogP contribution is -2.42. The summed E-state index contributed by atoms with van der Waals surface area (Å²) >= 11 is 0. The smallest absolute Gasteiger partial charge is 0.123 e. The van der Waals surface area contributed by atoms with E-state index in [1.54, 1.807) is 6.07 Å². The van der Waals surface area contributed by atoms with Crippen LogP contribution in [0, 0.1) is 12.7 Å². The topological polar surface area (TPSA) is 29.5 Å². The minimum atomic E-state index is -0.707. The molecule has 1 aliphatic rings. The molecule has 2 rings (SSSR count). The second-order valence-corrected chi connectivity index (χ2v) is 5.33. The van der Waals surface area contributed by atoms with E-state index in [1.165, 1.54) is 12.1 Å². The molecule has 0 spiro atoms. The quantitative estimate of drug-likeness (QED) is 0.896. The fourth-order valence-electron chi connectivity index (χ4n) is 2.64. The van der Waals surface area contributed by atoms with E-state index in [0.717, 1.165) is 17.5 Å². The fraction of sp³-hybridized carbons (Fsp3) is 0.600. The third kappa shape index (κ3) is 3.09. The van der Waals surface area contributed by atoms with E-state index in [2.05, 4.69) is 6.92 Å². The van der Waals surface area contributed by atoms with Crippen LogP contribution in [0.15, 0.2) is 18.2 Å². The standard InChI is InChI=1S/C15H21FO2/c1-3-14-10-15(17,6-7-18-14)9-12-4-5-13(16)8-11(12)2/h4-5,8,14,17H,3,6-7,9-10H2,1-2H3. The van der Waals surface area contributed by atoms with E-state index in [9.17, 15) is 9.50 Å². The monoisotopic (exact) mass is 252 g/mol. The van der Waals surface area contributed by atoms with Crippen molar-refractivity contribution >= 4 is 0 Å². The van der Waals surface area contributed by atoms with Crippen molar-refractivity contribution in [2.24, 2.45) is 0 Å². The number of aryl methyl sites for hydroxylation is 1. The van der Waals surface area contributed by atoms with Crippen molar-refractivity contribution in [2.75, 3.05) is 6.61 Å². The molecule has 1 saturated heterocycles. The first-order chi connectivity index (χ1) is 8.52. The van der Waals surface area contributed by atoms with Gasteiger partial charge >= 0.3 is 0 Å². The molecule has 1 aliphatic heterocycles. The van der Waals surface area contributed by atoms with Crippen LogP contribution in [0.5, 0.6) is 0 Å². The minimum absolute atomic E-state index is 0.143. The minimum Gasteiger partial charge on any atom is -0.389 e. The third-order valence-electron chi connectivity index (χ3n) is 3.81. The van der Waals surface area contributed by atoms with Crippen molar-refractivity contribution in [1.29, 1.82) is 0 Å². The van der Waals surface area contributed by atoms with Gasteiger partial charge in [-0.25, -0.2) is 4.39 Å². The molecule has 18 heavy (non-hydrogen) atoms. The molecule has 1 heterocycles. The summed E-state index contributed by atoms with van der Waals surface area (Å²) in [7, 11) is 0. The summed E-state index contributed by atoms with van der Waals surface area (Å²) in [5.41, 5.74) is 1.22. The zero-order chi connectivity index (χ0) is 13.2. The van der Waals surface area contributed by atoms with Crippen LogP contribution in [0.4, 0.5) is 4.39 Å². The molecule has 1 aromatic rings. The Bertz CT molecular complexity index is 419. The van der Waals surface area contributed by atoms with Crippen LogP contribution in [0.2, 0.25) is 0 Å². The highest BCUT2D eigenvalue weighted by atomic mass is 19.1. The molecule has 1 fully saturated rings. The van der Waals surface area contributed by atoms with Crippen molar-refractivity contribution in [3.63, 3.8) is 0 Å². The first-order valence-electron chi connectivity index (χ1n) is 6.61. The van der Waals surface area contributed by atoms with E-state index in [-0.39, 0.29) is 11.9 Å². The molecule has 2 unspecified atom stereocenters. The summed E-state index contributed by atoms with van der Waals surface area (Å²) < 4.78 is 18.6. The zero-order valence-electron chi connectivity index (χ0n) is 11.1. The molecule has 3 heteroatoms. The van der Waals surface area contributed by atoms with Gasteiger partial charge in [0.25, 0.3) is 0 Å². The molecule has 0 aromatic heterocycles. The van der Waals surface area contributed by atoms with Gasteiger partial charge in [-0.15, -0.1) is 0 Å². The molecule has 0 radical (unpaired) electrons. The second-order valence-electron chi connectivity index (χ2n) is 5.33. The highest BCUT2D eigenvalue weighted by molar-refractivity contribution is 5.28. The Morgan fingerprint density at radius 2 is 2.28 bits per heavy atom. The summed E-state index contributed by atoms with van der Waals surface area (Å²) in [6, 6.07) is 4.76. The Kier molecular flexibility index (Phi) is 4.03. The van der Waals surface area contributed by atoms with Crippen molar-refractivity contribution in [3.05, 3.63) is 35.1 Å². The second kappa shape index (κ2) is 5.37. The zero-order valence-corrected chi connectivity index (χ0v) is 11.1. The summed E-state index contributed by atoms with van der Waals surface area (Å²) in [5, 5.41) is 10.6. The maximum Gasteiger partial charge on any atom is 0.123 e. The number of benzene rings is 1. The highest BCUT2D eigenvalue weighted by Crippen LogP contribution is 2.30. The molecule has 0 saturated carbocycles. The van der Waals surface area contributed by atoms with Crippen LogP contribution in [0.3, 0.4) is 0 Å². The van der Waals surface area contributed by atoms with Gasteiger partial charge in [-0.3, -0.25) is 0 Å². The maximum atomic E-state index is 13.1. The van der Waals surface area contributed by atoms with Gasteiger partial charge in [-0.05, 0) is 43.0 Å². The average molecular weight is 252 g/mol. The number of halogens is 1. The van der Waals surface area contributed by atoms with Crippen molar-refractivity contribution in [2.45, 2.75) is 51.2 Å². The highest BCUT2D eigenvalue weighted by Gasteiger charge is 2.34. The molecule has 0 bridgehead atoms. The lowest BCUT2D eigenvalue weighted by atomic mass is 9.83. The normalized spacial score (nSPS) is 28.3. The number of hydrogen-bond donors (Lipinski definition) is 1. The Labute approximate surface area is 108 Å². The molecule has 2 nitrogen and oxygen atoms in total. The van der Waals surface area contributed by atoms with Crippen molar-refractivity contribution in [3.8, 4) is 0 Å². The number of hydrogen-bond acceptors (Lipinski definition) is 2. The summed E-state index contributed by atoms with van der Waals surface area (Å²) in [4.78, 5) is 0. The lowest BCUT2D eigenvalue weighted by molar-refractivity contribution is -0.103. The van der Waals surface area contributed by atoms with Crippen molar-refractivity contribution in [1.82, 2.24) is 0 Å². The largest absolute Gasteiger partial charge is 0.389 e. The van der Waals surface area contributed by atoms with Gasteiger partial charge in [-0.2, -0.15) is 0 Å². The predicted molar refractivity (Wildman–Crippen MR) is 69.1 cm³/mol. The summed E-state index contributed by atoms with van der Waals surface area (Å²) in [6.07, 6.45) is 2.97.